The van der Waals surface area contributed by atoms with Crippen LogP contribution in [0.25, 0.3) is 6.08 Å². The summed E-state index contributed by atoms with van der Waals surface area (Å²) in [4.78, 5) is 1.38. The van der Waals surface area contributed by atoms with Crippen LogP contribution in [-0.2, 0) is 16.4 Å². The summed E-state index contributed by atoms with van der Waals surface area (Å²) < 4.78 is 25.5. The first-order valence-electron chi connectivity index (χ1n) is 9.13. The fourth-order valence-corrected chi connectivity index (χ4v) is 5.30. The van der Waals surface area contributed by atoms with Gasteiger partial charge in [-0.1, -0.05) is 36.4 Å². The maximum Gasteiger partial charge on any atom is 0.152 e. The van der Waals surface area contributed by atoms with E-state index in [4.69, 9.17) is 0 Å². The predicted molar refractivity (Wildman–Crippen MR) is 105 cm³/mol. The van der Waals surface area contributed by atoms with Crippen molar-refractivity contribution >= 4 is 15.9 Å². The van der Waals surface area contributed by atoms with Crippen molar-refractivity contribution in [2.45, 2.75) is 32.9 Å². The molecule has 2 heterocycles. The quantitative estimate of drug-likeness (QED) is 0.835. The van der Waals surface area contributed by atoms with Gasteiger partial charge in [-0.3, -0.25) is 4.68 Å². The van der Waals surface area contributed by atoms with Crippen LogP contribution in [0.15, 0.2) is 36.4 Å². The van der Waals surface area contributed by atoms with E-state index in [1.807, 2.05) is 29.8 Å². The van der Waals surface area contributed by atoms with E-state index in [0.29, 0.717) is 6.42 Å². The lowest BCUT2D eigenvalue weighted by Gasteiger charge is -2.14. The molecule has 2 aromatic rings. The number of hydrogen-bond acceptors (Lipinski definition) is 3. The average molecular weight is 375 g/mol. The Kier molecular flexibility index (Phi) is 5.63. The summed E-state index contributed by atoms with van der Waals surface area (Å²) in [5, 5.41) is 4.66. The molecule has 1 aliphatic rings. The fraction of sp³-hybridized carbons (Fsp3) is 0.450. The Morgan fingerprint density at radius 2 is 2.00 bits per heavy atom. The minimum Gasteiger partial charge on any atom is -0.330 e. The third-order valence-electron chi connectivity index (χ3n) is 5.08. The molecule has 0 radical (unpaired) electrons. The van der Waals surface area contributed by atoms with Crippen molar-refractivity contribution in [3.05, 3.63) is 58.9 Å². The largest absolute Gasteiger partial charge is 0.330 e. The highest BCUT2D eigenvalue weighted by Crippen LogP contribution is 2.26. The first-order valence-corrected chi connectivity index (χ1v) is 11.0. The second kappa shape index (κ2) is 7.76. The van der Waals surface area contributed by atoms with Gasteiger partial charge in [0, 0.05) is 5.69 Å². The van der Waals surface area contributed by atoms with Gasteiger partial charge in [0.1, 0.15) is 6.54 Å². The van der Waals surface area contributed by atoms with Gasteiger partial charge in [0.15, 0.2) is 9.84 Å². The van der Waals surface area contributed by atoms with Crippen LogP contribution in [0.4, 0.5) is 0 Å². The third-order valence-corrected chi connectivity index (χ3v) is 6.83. The van der Waals surface area contributed by atoms with E-state index in [2.05, 4.69) is 43.4 Å². The number of benzene rings is 1. The number of sulfone groups is 1. The second-order valence-corrected chi connectivity index (χ2v) is 9.53. The van der Waals surface area contributed by atoms with Crippen LogP contribution >= 0.6 is 0 Å². The van der Waals surface area contributed by atoms with Crippen molar-refractivity contribution in [3.63, 3.8) is 0 Å². The molecule has 5 nitrogen and oxygen atoms in total. The number of nitrogens with zero attached hydrogens (tertiary/aromatic N) is 2. The Morgan fingerprint density at radius 1 is 1.27 bits per heavy atom. The molecule has 6 heteroatoms. The Balaban J connectivity index is 1.65. The van der Waals surface area contributed by atoms with Crippen LogP contribution in [0.3, 0.4) is 0 Å². The van der Waals surface area contributed by atoms with E-state index < -0.39 is 9.84 Å². The molecule has 0 saturated carbocycles. The standard InChI is InChI=1S/C20H27N3O2S/c1-16-20(14-22(3)12-7-10-18-8-5-4-6-9-18)17(2)23(21-16)19-11-13-26(24,25)15-19/h4-10,19H,11-15H2,1-3H3/p+1/b10-7+/t19-/m0/s1. The van der Waals surface area contributed by atoms with E-state index >= 15 is 0 Å². The molecule has 26 heavy (non-hydrogen) atoms. The zero-order valence-corrected chi connectivity index (χ0v) is 16.6. The topological polar surface area (TPSA) is 56.4 Å². The summed E-state index contributed by atoms with van der Waals surface area (Å²) in [7, 11) is -0.728. The van der Waals surface area contributed by atoms with Crippen LogP contribution in [-0.4, -0.2) is 43.3 Å². The minimum absolute atomic E-state index is 0.00858. The number of nitrogens with one attached hydrogen (secondary N) is 1. The summed E-state index contributed by atoms with van der Waals surface area (Å²) in [6, 6.07) is 10.3. The number of aromatic nitrogens is 2. The molecule has 2 atom stereocenters. The molecular weight excluding hydrogens is 346 g/mol. The molecule has 0 amide bonds. The predicted octanol–water partition coefficient (Wildman–Crippen LogP) is 1.59. The number of quaternary nitrogens is 1. The molecule has 1 unspecified atom stereocenters. The molecule has 1 aromatic heterocycles. The molecule has 0 aliphatic carbocycles. The zero-order valence-electron chi connectivity index (χ0n) is 15.8. The van der Waals surface area contributed by atoms with Gasteiger partial charge in [-0.15, -0.1) is 0 Å². The Hall–Kier alpha value is -1.92. The number of likely N-dealkylation sites (N-methyl/N-ethyl adjacent to an activating group) is 1. The van der Waals surface area contributed by atoms with Crippen molar-refractivity contribution in [1.29, 1.82) is 0 Å². The van der Waals surface area contributed by atoms with Crippen LogP contribution in [0, 0.1) is 13.8 Å². The van der Waals surface area contributed by atoms with E-state index in [1.165, 1.54) is 16.0 Å². The van der Waals surface area contributed by atoms with E-state index in [-0.39, 0.29) is 17.5 Å². The van der Waals surface area contributed by atoms with Crippen molar-refractivity contribution in [3.8, 4) is 0 Å². The summed E-state index contributed by atoms with van der Waals surface area (Å²) in [6.07, 6.45) is 5.02. The Labute approximate surface area is 156 Å². The first kappa shape index (κ1) is 18.9. The molecule has 1 aromatic carbocycles. The monoisotopic (exact) mass is 374 g/mol. The lowest BCUT2D eigenvalue weighted by atomic mass is 10.1. The van der Waals surface area contributed by atoms with E-state index in [9.17, 15) is 8.42 Å². The molecule has 0 spiro atoms. The molecule has 1 N–H and O–H groups in total. The number of hydrogen-bond donors (Lipinski definition) is 1. The van der Waals surface area contributed by atoms with Gasteiger partial charge in [-0.2, -0.15) is 5.10 Å². The van der Waals surface area contributed by atoms with Gasteiger partial charge in [-0.25, -0.2) is 8.42 Å². The molecule has 1 fully saturated rings. The highest BCUT2D eigenvalue weighted by Gasteiger charge is 2.31. The SMILES string of the molecule is Cc1nn([C@H]2CCS(=O)(=O)C2)c(C)c1C[NH+](C)C/C=C/c1ccccc1. The normalized spacial score (nSPS) is 20.7. The smallest absolute Gasteiger partial charge is 0.152 e. The van der Waals surface area contributed by atoms with Crippen molar-refractivity contribution in [1.82, 2.24) is 9.78 Å². The maximum atomic E-state index is 11.8. The Morgan fingerprint density at radius 3 is 2.65 bits per heavy atom. The summed E-state index contributed by atoms with van der Waals surface area (Å²) in [5.74, 6) is 0.498. The molecular formula is C20H28N3O2S+. The highest BCUT2D eigenvalue weighted by molar-refractivity contribution is 7.91. The number of rotatable bonds is 6. The maximum absolute atomic E-state index is 11.8. The van der Waals surface area contributed by atoms with Gasteiger partial charge in [0.2, 0.25) is 0 Å². The van der Waals surface area contributed by atoms with Gasteiger partial charge < -0.3 is 4.90 Å². The molecule has 1 aliphatic heterocycles. The first-order chi connectivity index (χ1) is 12.4. The van der Waals surface area contributed by atoms with Crippen LogP contribution in [0.2, 0.25) is 0 Å². The van der Waals surface area contributed by atoms with E-state index in [1.54, 1.807) is 0 Å². The van der Waals surface area contributed by atoms with Crippen molar-refractivity contribution < 1.29 is 13.3 Å². The second-order valence-electron chi connectivity index (χ2n) is 7.30. The molecule has 0 bridgehead atoms. The summed E-state index contributed by atoms with van der Waals surface area (Å²) in [5.41, 5.74) is 4.57. The lowest BCUT2D eigenvalue weighted by Crippen LogP contribution is -3.07. The highest BCUT2D eigenvalue weighted by atomic mass is 32.2. The van der Waals surface area contributed by atoms with Gasteiger partial charge >= 0.3 is 0 Å². The zero-order chi connectivity index (χ0) is 18.7. The van der Waals surface area contributed by atoms with Crippen LogP contribution < -0.4 is 4.90 Å². The van der Waals surface area contributed by atoms with Crippen LogP contribution in [0.5, 0.6) is 0 Å². The van der Waals surface area contributed by atoms with Gasteiger partial charge in [0.25, 0.3) is 0 Å². The molecule has 140 valence electrons. The fourth-order valence-electron chi connectivity index (χ4n) is 3.61. The lowest BCUT2D eigenvalue weighted by molar-refractivity contribution is -0.887. The average Bonchev–Trinajstić information content (AvgIpc) is 3.09. The van der Waals surface area contributed by atoms with Crippen molar-refractivity contribution in [2.75, 3.05) is 25.1 Å². The minimum atomic E-state index is -2.90. The van der Waals surface area contributed by atoms with Crippen LogP contribution in [0.1, 0.15) is 35.0 Å². The number of aryl methyl sites for hydroxylation is 1. The van der Waals surface area contributed by atoms with Gasteiger partial charge in [-0.05, 0) is 31.9 Å². The van der Waals surface area contributed by atoms with Gasteiger partial charge in [0.05, 0.1) is 42.4 Å². The third kappa shape index (κ3) is 4.43. The summed E-state index contributed by atoms with van der Waals surface area (Å²) >= 11 is 0. The Bertz CT molecular complexity index is 885. The van der Waals surface area contributed by atoms with E-state index in [0.717, 1.165) is 24.5 Å². The van der Waals surface area contributed by atoms with Crippen molar-refractivity contribution in [2.24, 2.45) is 0 Å². The molecule has 1 saturated heterocycles. The summed E-state index contributed by atoms with van der Waals surface area (Å²) in [6.45, 7) is 5.90. The molecule has 3 rings (SSSR count).